The molecule has 3 rings (SSSR count). The molecule has 0 amide bonds. The molecular formula is C19H20BrClN2O2. The number of aromatic hydroxyl groups is 1. The van der Waals surface area contributed by atoms with E-state index in [4.69, 9.17) is 4.74 Å². The van der Waals surface area contributed by atoms with E-state index >= 15 is 0 Å². The Morgan fingerprint density at radius 2 is 1.88 bits per heavy atom. The second-order valence-electron chi connectivity index (χ2n) is 5.58. The van der Waals surface area contributed by atoms with Gasteiger partial charge in [0.25, 0.3) is 0 Å². The van der Waals surface area contributed by atoms with Crippen molar-refractivity contribution in [3.05, 3.63) is 64.1 Å². The highest BCUT2D eigenvalue weighted by Crippen LogP contribution is 2.24. The van der Waals surface area contributed by atoms with Crippen LogP contribution in [0.2, 0.25) is 0 Å². The van der Waals surface area contributed by atoms with Crippen LogP contribution in [0.4, 0.5) is 0 Å². The van der Waals surface area contributed by atoms with Gasteiger partial charge in [-0.05, 0) is 48.9 Å². The number of methoxy groups -OCH3 is 1. The molecule has 1 aromatic heterocycles. The van der Waals surface area contributed by atoms with E-state index in [0.29, 0.717) is 6.54 Å². The third-order valence-corrected chi connectivity index (χ3v) is 4.43. The van der Waals surface area contributed by atoms with Crippen molar-refractivity contribution < 1.29 is 9.84 Å². The van der Waals surface area contributed by atoms with Crippen LogP contribution in [-0.4, -0.2) is 23.7 Å². The van der Waals surface area contributed by atoms with Crippen molar-refractivity contribution in [2.45, 2.75) is 13.0 Å². The average molecular weight is 424 g/mol. The molecule has 0 saturated heterocycles. The number of nitrogens with one attached hydrogen (secondary N) is 1. The maximum absolute atomic E-state index is 10.1. The van der Waals surface area contributed by atoms with Crippen molar-refractivity contribution in [2.24, 2.45) is 0 Å². The minimum atomic E-state index is 0. The number of ether oxygens (including phenoxy) is 1. The van der Waals surface area contributed by atoms with Gasteiger partial charge in [0.15, 0.2) is 0 Å². The van der Waals surface area contributed by atoms with Crippen LogP contribution in [-0.2, 0) is 13.0 Å². The van der Waals surface area contributed by atoms with E-state index in [9.17, 15) is 5.11 Å². The van der Waals surface area contributed by atoms with Crippen LogP contribution in [0, 0.1) is 0 Å². The van der Waals surface area contributed by atoms with Gasteiger partial charge in [0.05, 0.1) is 12.6 Å². The van der Waals surface area contributed by atoms with E-state index in [1.165, 1.54) is 5.56 Å². The first-order chi connectivity index (χ1) is 11.7. The lowest BCUT2D eigenvalue weighted by Gasteiger charge is -2.09. The smallest absolute Gasteiger partial charge is 0.215 e. The lowest BCUT2D eigenvalue weighted by Crippen LogP contribution is -2.17. The summed E-state index contributed by atoms with van der Waals surface area (Å²) in [4.78, 5) is 4.26. The van der Waals surface area contributed by atoms with E-state index in [-0.39, 0.29) is 18.3 Å². The largest absolute Gasteiger partial charge is 0.497 e. The highest BCUT2D eigenvalue weighted by Gasteiger charge is 2.06. The van der Waals surface area contributed by atoms with Crippen molar-refractivity contribution in [3.8, 4) is 11.6 Å². The molecule has 4 nitrogen and oxygen atoms in total. The molecule has 6 heteroatoms. The van der Waals surface area contributed by atoms with Crippen LogP contribution >= 0.6 is 28.3 Å². The van der Waals surface area contributed by atoms with Gasteiger partial charge < -0.3 is 15.2 Å². The first-order valence-electron chi connectivity index (χ1n) is 7.77. The van der Waals surface area contributed by atoms with E-state index in [2.05, 4.69) is 38.4 Å². The quantitative estimate of drug-likeness (QED) is 0.575. The number of pyridine rings is 1. The SMILES string of the molecule is COc1ccc2cc(CNCCc3ccc(Br)cc3)c(O)nc2c1.Cl. The molecule has 0 radical (unpaired) electrons. The van der Waals surface area contributed by atoms with Gasteiger partial charge in [0.1, 0.15) is 5.75 Å². The number of aromatic nitrogens is 1. The Kier molecular flexibility index (Phi) is 7.05. The molecule has 3 aromatic rings. The number of benzene rings is 2. The van der Waals surface area contributed by atoms with Crippen LogP contribution < -0.4 is 10.1 Å². The summed E-state index contributed by atoms with van der Waals surface area (Å²) >= 11 is 3.44. The van der Waals surface area contributed by atoms with Gasteiger partial charge in [-0.3, -0.25) is 0 Å². The summed E-state index contributed by atoms with van der Waals surface area (Å²) in [7, 11) is 1.62. The van der Waals surface area contributed by atoms with Crippen molar-refractivity contribution in [1.82, 2.24) is 10.3 Å². The van der Waals surface area contributed by atoms with Crippen LogP contribution in [0.15, 0.2) is 53.0 Å². The normalized spacial score (nSPS) is 10.5. The maximum Gasteiger partial charge on any atom is 0.215 e. The average Bonchev–Trinajstić information content (AvgIpc) is 2.60. The summed E-state index contributed by atoms with van der Waals surface area (Å²) in [5, 5.41) is 14.5. The number of hydrogen-bond acceptors (Lipinski definition) is 4. The van der Waals surface area contributed by atoms with Crippen LogP contribution in [0.3, 0.4) is 0 Å². The minimum absolute atomic E-state index is 0. The summed E-state index contributed by atoms with van der Waals surface area (Å²) in [6, 6.07) is 15.9. The maximum atomic E-state index is 10.1. The Balaban J connectivity index is 0.00000225. The number of fused-ring (bicyclic) bond motifs is 1. The molecule has 2 aromatic carbocycles. The van der Waals surface area contributed by atoms with Gasteiger partial charge in [-0.1, -0.05) is 28.1 Å². The molecule has 0 fully saturated rings. The van der Waals surface area contributed by atoms with Crippen molar-refractivity contribution in [3.63, 3.8) is 0 Å². The summed E-state index contributed by atoms with van der Waals surface area (Å²) in [5.41, 5.74) is 2.80. The molecule has 0 bridgehead atoms. The molecule has 0 unspecified atom stereocenters. The zero-order chi connectivity index (χ0) is 16.9. The molecule has 2 N–H and O–H groups in total. The third kappa shape index (κ3) is 5.08. The standard InChI is InChI=1S/C19H19BrN2O2.ClH/c1-24-17-7-4-14-10-15(19(23)22-18(14)11-17)12-21-9-8-13-2-5-16(20)6-3-13;/h2-7,10-11,21H,8-9,12H2,1H3,(H,22,23);1H. The Morgan fingerprint density at radius 1 is 1.12 bits per heavy atom. The highest BCUT2D eigenvalue weighted by molar-refractivity contribution is 9.10. The highest BCUT2D eigenvalue weighted by atomic mass is 79.9. The van der Waals surface area contributed by atoms with E-state index < -0.39 is 0 Å². The molecular weight excluding hydrogens is 404 g/mol. The van der Waals surface area contributed by atoms with E-state index in [1.807, 2.05) is 36.4 Å². The summed E-state index contributed by atoms with van der Waals surface area (Å²) in [6.07, 6.45) is 0.937. The molecule has 132 valence electrons. The lowest BCUT2D eigenvalue weighted by molar-refractivity contribution is 0.415. The number of hydrogen-bond donors (Lipinski definition) is 2. The monoisotopic (exact) mass is 422 g/mol. The third-order valence-electron chi connectivity index (χ3n) is 3.90. The molecule has 0 aliphatic carbocycles. The van der Waals surface area contributed by atoms with E-state index in [0.717, 1.165) is 39.7 Å². The van der Waals surface area contributed by atoms with Gasteiger partial charge in [-0.25, -0.2) is 4.98 Å². The van der Waals surface area contributed by atoms with Crippen LogP contribution in [0.25, 0.3) is 10.9 Å². The Morgan fingerprint density at radius 3 is 2.60 bits per heavy atom. The fourth-order valence-electron chi connectivity index (χ4n) is 2.54. The second-order valence-corrected chi connectivity index (χ2v) is 6.50. The molecule has 0 saturated carbocycles. The number of nitrogens with zero attached hydrogens (tertiary/aromatic N) is 1. The summed E-state index contributed by atoms with van der Waals surface area (Å²) in [6.45, 7) is 1.42. The topological polar surface area (TPSA) is 54.4 Å². The van der Waals surface area contributed by atoms with Gasteiger partial charge in [0, 0.05) is 28.0 Å². The van der Waals surface area contributed by atoms with Crippen LogP contribution in [0.5, 0.6) is 11.6 Å². The Labute approximate surface area is 161 Å². The first kappa shape index (κ1) is 19.5. The molecule has 0 spiro atoms. The van der Waals surface area contributed by atoms with Crippen molar-refractivity contribution >= 4 is 39.2 Å². The molecule has 25 heavy (non-hydrogen) atoms. The van der Waals surface area contributed by atoms with Crippen molar-refractivity contribution in [2.75, 3.05) is 13.7 Å². The lowest BCUT2D eigenvalue weighted by atomic mass is 10.1. The zero-order valence-electron chi connectivity index (χ0n) is 13.8. The first-order valence-corrected chi connectivity index (χ1v) is 8.57. The predicted molar refractivity (Wildman–Crippen MR) is 107 cm³/mol. The van der Waals surface area contributed by atoms with Gasteiger partial charge in [0.2, 0.25) is 5.88 Å². The van der Waals surface area contributed by atoms with Gasteiger partial charge in [-0.15, -0.1) is 12.4 Å². The molecule has 0 aliphatic rings. The molecule has 0 atom stereocenters. The van der Waals surface area contributed by atoms with Crippen LogP contribution in [0.1, 0.15) is 11.1 Å². The summed E-state index contributed by atoms with van der Waals surface area (Å²) in [5.74, 6) is 0.793. The number of rotatable bonds is 6. The van der Waals surface area contributed by atoms with Crippen molar-refractivity contribution in [1.29, 1.82) is 0 Å². The summed E-state index contributed by atoms with van der Waals surface area (Å²) < 4.78 is 6.27. The Bertz CT molecular complexity index is 841. The van der Waals surface area contributed by atoms with Gasteiger partial charge >= 0.3 is 0 Å². The Hall–Kier alpha value is -1.82. The molecule has 1 heterocycles. The predicted octanol–water partition coefficient (Wildman–Crippen LogP) is 4.47. The molecule has 0 aliphatic heterocycles. The minimum Gasteiger partial charge on any atom is -0.497 e. The second kappa shape index (κ2) is 9.04. The fourth-order valence-corrected chi connectivity index (χ4v) is 2.81. The van der Waals surface area contributed by atoms with Gasteiger partial charge in [-0.2, -0.15) is 0 Å². The number of halogens is 2. The van der Waals surface area contributed by atoms with E-state index in [1.54, 1.807) is 7.11 Å². The fraction of sp³-hybridized carbons (Fsp3) is 0.211. The zero-order valence-corrected chi connectivity index (χ0v) is 16.2.